The van der Waals surface area contributed by atoms with E-state index in [1.54, 1.807) is 0 Å². The van der Waals surface area contributed by atoms with E-state index in [1.807, 2.05) is 78.9 Å². The molecule has 0 N–H and O–H groups in total. The van der Waals surface area contributed by atoms with E-state index in [2.05, 4.69) is 120 Å². The Hall–Kier alpha value is -7.89. The summed E-state index contributed by atoms with van der Waals surface area (Å²) in [5, 5.41) is 9.27. The van der Waals surface area contributed by atoms with Crippen molar-refractivity contribution in [3.8, 4) is 51.0 Å². The second kappa shape index (κ2) is 12.8. The Labute approximate surface area is 333 Å². The van der Waals surface area contributed by atoms with Gasteiger partial charge in [0, 0.05) is 43.9 Å². The molecule has 0 atom stereocenters. The largest absolute Gasteiger partial charge is 0.456 e. The summed E-state index contributed by atoms with van der Waals surface area (Å²) in [6, 6.07) is 68.2. The minimum absolute atomic E-state index is 0.591. The van der Waals surface area contributed by atoms with Crippen molar-refractivity contribution < 1.29 is 4.42 Å². The molecule has 0 spiro atoms. The molecule has 3 heterocycles. The predicted octanol–water partition coefficient (Wildman–Crippen LogP) is 13.8. The fraction of sp³-hybridized carbons (Fsp3) is 0. The summed E-state index contributed by atoms with van der Waals surface area (Å²) < 4.78 is 9.00. The lowest BCUT2D eigenvalue weighted by Gasteiger charge is -2.12. The molecular formula is C53H32N4O. The molecule has 12 rings (SSSR count). The first-order valence-corrected chi connectivity index (χ1v) is 19.5. The van der Waals surface area contributed by atoms with E-state index in [1.165, 1.54) is 38.0 Å². The van der Waals surface area contributed by atoms with E-state index in [0.29, 0.717) is 17.5 Å². The summed E-state index contributed by atoms with van der Waals surface area (Å²) in [6.45, 7) is 0. The molecule has 0 aliphatic carbocycles. The van der Waals surface area contributed by atoms with Gasteiger partial charge in [0.1, 0.15) is 11.2 Å². The lowest BCUT2D eigenvalue weighted by atomic mass is 9.96. The summed E-state index contributed by atoms with van der Waals surface area (Å²) in [7, 11) is 0. The van der Waals surface area contributed by atoms with Crippen LogP contribution in [0.25, 0.3) is 116 Å². The second-order valence-corrected chi connectivity index (χ2v) is 14.8. The first kappa shape index (κ1) is 32.4. The number of furan rings is 1. The molecule has 12 aromatic rings. The van der Waals surface area contributed by atoms with Gasteiger partial charge in [-0.1, -0.05) is 140 Å². The van der Waals surface area contributed by atoms with Gasteiger partial charge in [-0.15, -0.1) is 0 Å². The summed E-state index contributed by atoms with van der Waals surface area (Å²) in [5.41, 5.74) is 9.92. The van der Waals surface area contributed by atoms with E-state index in [-0.39, 0.29) is 0 Å². The maximum atomic E-state index is 6.60. The Bertz CT molecular complexity index is 3510. The highest BCUT2D eigenvalue weighted by Crippen LogP contribution is 2.41. The van der Waals surface area contributed by atoms with Gasteiger partial charge in [0.15, 0.2) is 17.5 Å². The third-order valence-corrected chi connectivity index (χ3v) is 11.4. The Morgan fingerprint density at radius 3 is 1.76 bits per heavy atom. The van der Waals surface area contributed by atoms with Crippen molar-refractivity contribution >= 4 is 65.3 Å². The second-order valence-electron chi connectivity index (χ2n) is 14.8. The van der Waals surface area contributed by atoms with E-state index in [0.717, 1.165) is 60.8 Å². The Morgan fingerprint density at radius 2 is 0.983 bits per heavy atom. The van der Waals surface area contributed by atoms with Crippen LogP contribution < -0.4 is 0 Å². The maximum absolute atomic E-state index is 6.60. The number of hydrogen-bond donors (Lipinski definition) is 0. The molecule has 0 radical (unpaired) electrons. The Kier molecular flexibility index (Phi) is 7.16. The van der Waals surface area contributed by atoms with Gasteiger partial charge in [0.2, 0.25) is 0 Å². The molecule has 3 aromatic heterocycles. The molecule has 0 aliphatic heterocycles. The highest BCUT2D eigenvalue weighted by atomic mass is 16.3. The molecule has 0 saturated heterocycles. The van der Waals surface area contributed by atoms with Crippen LogP contribution in [0.3, 0.4) is 0 Å². The molecule has 0 saturated carbocycles. The normalized spacial score (nSPS) is 11.8. The molecule has 0 aliphatic rings. The van der Waals surface area contributed by atoms with Crippen molar-refractivity contribution in [2.24, 2.45) is 0 Å². The highest BCUT2D eigenvalue weighted by molar-refractivity contribution is 6.15. The van der Waals surface area contributed by atoms with Gasteiger partial charge < -0.3 is 8.98 Å². The number of hydrogen-bond acceptors (Lipinski definition) is 4. The summed E-state index contributed by atoms with van der Waals surface area (Å²) >= 11 is 0. The molecule has 270 valence electrons. The fourth-order valence-electron chi connectivity index (χ4n) is 8.61. The minimum atomic E-state index is 0.591. The summed E-state index contributed by atoms with van der Waals surface area (Å²) in [4.78, 5) is 15.3. The first-order valence-electron chi connectivity index (χ1n) is 19.5. The molecule has 58 heavy (non-hydrogen) atoms. The lowest BCUT2D eigenvalue weighted by Crippen LogP contribution is -2.00. The molecule has 9 aromatic carbocycles. The SMILES string of the molecule is c1ccc(-c2nc(-c3ccccc3)nc(-c3cc(-c4ccc5ccc(-n6c7ccccc7c7cc8ccccc8cc76)cc5c4)cc4oc5ccccc5c34)n2)cc1. The summed E-state index contributed by atoms with van der Waals surface area (Å²) in [5.74, 6) is 1.83. The zero-order chi connectivity index (χ0) is 38.2. The zero-order valence-corrected chi connectivity index (χ0v) is 31.2. The van der Waals surface area contributed by atoms with Gasteiger partial charge in [-0.25, -0.2) is 15.0 Å². The highest BCUT2D eigenvalue weighted by Gasteiger charge is 2.20. The number of para-hydroxylation sites is 2. The van der Waals surface area contributed by atoms with Crippen molar-refractivity contribution in [3.63, 3.8) is 0 Å². The number of rotatable bonds is 5. The van der Waals surface area contributed by atoms with Gasteiger partial charge in [-0.05, 0) is 87.3 Å². The van der Waals surface area contributed by atoms with Crippen LogP contribution in [0.2, 0.25) is 0 Å². The van der Waals surface area contributed by atoms with Crippen molar-refractivity contribution in [3.05, 3.63) is 194 Å². The van der Waals surface area contributed by atoms with Gasteiger partial charge >= 0.3 is 0 Å². The zero-order valence-electron chi connectivity index (χ0n) is 31.2. The maximum Gasteiger partial charge on any atom is 0.164 e. The van der Waals surface area contributed by atoms with Gasteiger partial charge in [-0.2, -0.15) is 0 Å². The predicted molar refractivity (Wildman–Crippen MR) is 238 cm³/mol. The van der Waals surface area contributed by atoms with Crippen molar-refractivity contribution in [2.45, 2.75) is 0 Å². The van der Waals surface area contributed by atoms with Crippen molar-refractivity contribution in [1.29, 1.82) is 0 Å². The van der Waals surface area contributed by atoms with Crippen molar-refractivity contribution in [2.75, 3.05) is 0 Å². The standard InChI is InChI=1S/C53H32N4O/c1-3-13-34(14-4-1)51-54-52(35-15-5-2-6-16-35)56-53(55-51)45-30-40(32-49-50(45)43-20-10-12-22-48(43)58-49)38-24-23-33-25-26-41(28-39(33)27-38)57-46-21-11-9-19-42(46)44-29-36-17-7-8-18-37(36)31-47(44)57/h1-32H. The van der Waals surface area contributed by atoms with E-state index in [4.69, 9.17) is 19.4 Å². The fourth-order valence-corrected chi connectivity index (χ4v) is 8.61. The first-order chi connectivity index (χ1) is 28.7. The van der Waals surface area contributed by atoms with Crippen LogP contribution in [-0.2, 0) is 0 Å². The Balaban J connectivity index is 1.07. The van der Waals surface area contributed by atoms with E-state index < -0.39 is 0 Å². The van der Waals surface area contributed by atoms with Crippen LogP contribution in [-0.4, -0.2) is 19.5 Å². The topological polar surface area (TPSA) is 56.7 Å². The molecule has 0 amide bonds. The van der Waals surface area contributed by atoms with Crippen LogP contribution in [0, 0.1) is 0 Å². The van der Waals surface area contributed by atoms with Crippen LogP contribution in [0.4, 0.5) is 0 Å². The third kappa shape index (κ3) is 5.21. The monoisotopic (exact) mass is 740 g/mol. The van der Waals surface area contributed by atoms with Gasteiger partial charge in [0.05, 0.1) is 11.0 Å². The molecule has 0 unspecified atom stereocenters. The van der Waals surface area contributed by atoms with Crippen molar-refractivity contribution in [1.82, 2.24) is 19.5 Å². The average molecular weight is 741 g/mol. The average Bonchev–Trinajstić information content (AvgIpc) is 3.83. The van der Waals surface area contributed by atoms with Crippen LogP contribution in [0.15, 0.2) is 199 Å². The number of nitrogens with zero attached hydrogens (tertiary/aromatic N) is 4. The number of fused-ring (bicyclic) bond motifs is 8. The smallest absolute Gasteiger partial charge is 0.164 e. The van der Waals surface area contributed by atoms with Gasteiger partial charge in [0.25, 0.3) is 0 Å². The molecular weight excluding hydrogens is 709 g/mol. The van der Waals surface area contributed by atoms with E-state index >= 15 is 0 Å². The molecule has 5 heteroatoms. The molecule has 0 bridgehead atoms. The minimum Gasteiger partial charge on any atom is -0.456 e. The summed E-state index contributed by atoms with van der Waals surface area (Å²) in [6.07, 6.45) is 0. The molecule has 0 fully saturated rings. The number of benzene rings is 9. The van der Waals surface area contributed by atoms with Crippen LogP contribution >= 0.6 is 0 Å². The lowest BCUT2D eigenvalue weighted by molar-refractivity contribution is 0.669. The Morgan fingerprint density at radius 1 is 0.345 bits per heavy atom. The van der Waals surface area contributed by atoms with Crippen LogP contribution in [0.1, 0.15) is 0 Å². The van der Waals surface area contributed by atoms with Gasteiger partial charge in [-0.3, -0.25) is 0 Å². The quantitative estimate of drug-likeness (QED) is 0.176. The third-order valence-electron chi connectivity index (χ3n) is 11.4. The molecule has 5 nitrogen and oxygen atoms in total. The number of aromatic nitrogens is 4. The van der Waals surface area contributed by atoms with Crippen LogP contribution in [0.5, 0.6) is 0 Å². The van der Waals surface area contributed by atoms with E-state index in [9.17, 15) is 0 Å².